The summed E-state index contributed by atoms with van der Waals surface area (Å²) >= 11 is 0. The van der Waals surface area contributed by atoms with Gasteiger partial charge in [0.25, 0.3) is 0 Å². The van der Waals surface area contributed by atoms with Crippen molar-refractivity contribution in [1.29, 1.82) is 0 Å². The Morgan fingerprint density at radius 3 is 2.41 bits per heavy atom. The molecule has 0 spiro atoms. The zero-order chi connectivity index (χ0) is 20.9. The molecular formula is C21H32N2O5S. The lowest BCUT2D eigenvalue weighted by Crippen LogP contribution is -2.47. The number of ether oxygens (including phenoxy) is 2. The largest absolute Gasteiger partial charge is 0.497 e. The molecule has 1 saturated carbocycles. The first kappa shape index (κ1) is 21.9. The number of amides is 1. The van der Waals surface area contributed by atoms with Crippen molar-refractivity contribution < 1.29 is 22.7 Å². The molecule has 1 N–H and O–H groups in total. The first-order chi connectivity index (χ1) is 14.0. The molecule has 1 aliphatic carbocycles. The van der Waals surface area contributed by atoms with Gasteiger partial charge in [-0.25, -0.2) is 8.42 Å². The van der Waals surface area contributed by atoms with Gasteiger partial charge in [-0.15, -0.1) is 0 Å². The highest BCUT2D eigenvalue weighted by atomic mass is 32.2. The van der Waals surface area contributed by atoms with E-state index in [1.54, 1.807) is 12.1 Å². The molecule has 1 atom stereocenters. The van der Waals surface area contributed by atoms with E-state index in [2.05, 4.69) is 5.32 Å². The number of rotatable bonds is 6. The predicted octanol–water partition coefficient (Wildman–Crippen LogP) is 2.94. The van der Waals surface area contributed by atoms with Crippen molar-refractivity contribution >= 4 is 15.9 Å². The molecule has 0 unspecified atom stereocenters. The van der Waals surface area contributed by atoms with E-state index in [4.69, 9.17) is 9.47 Å². The van der Waals surface area contributed by atoms with Crippen molar-refractivity contribution in [3.05, 3.63) is 18.2 Å². The highest BCUT2D eigenvalue weighted by Crippen LogP contribution is 2.32. The smallest absolute Gasteiger partial charge is 0.246 e. The van der Waals surface area contributed by atoms with Crippen molar-refractivity contribution in [1.82, 2.24) is 9.62 Å². The molecule has 1 aromatic rings. The summed E-state index contributed by atoms with van der Waals surface area (Å²) in [6.07, 6.45) is 8.14. The number of nitrogens with one attached hydrogen (secondary N) is 1. The highest BCUT2D eigenvalue weighted by Gasteiger charge is 2.35. The van der Waals surface area contributed by atoms with Crippen LogP contribution in [0.5, 0.6) is 11.5 Å². The standard InChI is InChI=1S/C21H32N2O5S/c1-27-18-11-12-19(28-2)20(14-18)29(25,26)23-13-7-8-16(15-23)21(24)22-17-9-5-3-4-6-10-17/h11-12,14,16-17H,3-10,13,15H2,1-2H3,(H,22,24)/t16-/m1/s1. The lowest BCUT2D eigenvalue weighted by atomic mass is 9.97. The van der Waals surface area contributed by atoms with Gasteiger partial charge in [-0.05, 0) is 37.8 Å². The Hall–Kier alpha value is -1.80. The summed E-state index contributed by atoms with van der Waals surface area (Å²) in [6.45, 7) is 0.594. The zero-order valence-electron chi connectivity index (χ0n) is 17.4. The van der Waals surface area contributed by atoms with Crippen LogP contribution in [0, 0.1) is 5.92 Å². The molecule has 2 aliphatic rings. The molecule has 0 radical (unpaired) electrons. The second-order valence-electron chi connectivity index (χ2n) is 7.92. The summed E-state index contributed by atoms with van der Waals surface area (Å²) < 4.78 is 38.5. The fourth-order valence-corrected chi connectivity index (χ4v) is 5.94. The summed E-state index contributed by atoms with van der Waals surface area (Å²) in [7, 11) is -0.857. The minimum Gasteiger partial charge on any atom is -0.497 e. The van der Waals surface area contributed by atoms with Crippen LogP contribution in [-0.2, 0) is 14.8 Å². The monoisotopic (exact) mass is 424 g/mol. The number of sulfonamides is 1. The van der Waals surface area contributed by atoms with Crippen molar-refractivity contribution in [3.8, 4) is 11.5 Å². The number of carbonyl (C=O) groups is 1. The number of benzene rings is 1. The van der Waals surface area contributed by atoms with Crippen LogP contribution in [-0.4, -0.2) is 52.0 Å². The second kappa shape index (κ2) is 9.80. The lowest BCUT2D eigenvalue weighted by molar-refractivity contribution is -0.126. The average Bonchev–Trinajstić information content (AvgIpc) is 3.02. The zero-order valence-corrected chi connectivity index (χ0v) is 18.2. The van der Waals surface area contributed by atoms with E-state index < -0.39 is 10.0 Å². The highest BCUT2D eigenvalue weighted by molar-refractivity contribution is 7.89. The first-order valence-corrected chi connectivity index (χ1v) is 11.9. The Bertz CT molecular complexity index is 803. The molecule has 1 aliphatic heterocycles. The van der Waals surface area contributed by atoms with Gasteiger partial charge in [0, 0.05) is 25.2 Å². The maximum absolute atomic E-state index is 13.3. The van der Waals surface area contributed by atoms with Gasteiger partial charge in [0.1, 0.15) is 16.4 Å². The van der Waals surface area contributed by atoms with E-state index in [1.807, 2.05) is 0 Å². The first-order valence-electron chi connectivity index (χ1n) is 10.5. The number of hydrogen-bond acceptors (Lipinski definition) is 5. The third kappa shape index (κ3) is 5.22. The third-order valence-electron chi connectivity index (χ3n) is 5.95. The van der Waals surface area contributed by atoms with Crippen LogP contribution in [0.25, 0.3) is 0 Å². The molecule has 3 rings (SSSR count). The predicted molar refractivity (Wildman–Crippen MR) is 111 cm³/mol. The normalized spacial score (nSPS) is 21.9. The Kier molecular flexibility index (Phi) is 7.40. The van der Waals surface area contributed by atoms with Gasteiger partial charge in [-0.3, -0.25) is 4.79 Å². The number of hydrogen-bond donors (Lipinski definition) is 1. The maximum Gasteiger partial charge on any atom is 0.246 e. The Morgan fingerprint density at radius 2 is 1.76 bits per heavy atom. The Labute approximate surface area is 173 Å². The summed E-state index contributed by atoms with van der Waals surface area (Å²) in [6, 6.07) is 4.95. The van der Waals surface area contributed by atoms with Crippen molar-refractivity contribution in [2.75, 3.05) is 27.3 Å². The fraction of sp³-hybridized carbons (Fsp3) is 0.667. The van der Waals surface area contributed by atoms with Crippen molar-refractivity contribution in [3.63, 3.8) is 0 Å². The van der Waals surface area contributed by atoms with Gasteiger partial charge < -0.3 is 14.8 Å². The molecule has 1 saturated heterocycles. The summed E-state index contributed by atoms with van der Waals surface area (Å²) in [4.78, 5) is 12.9. The van der Waals surface area contributed by atoms with Crippen LogP contribution in [0.2, 0.25) is 0 Å². The van der Waals surface area contributed by atoms with E-state index >= 15 is 0 Å². The Balaban J connectivity index is 1.73. The lowest BCUT2D eigenvalue weighted by Gasteiger charge is -2.32. The molecule has 0 aromatic heterocycles. The summed E-state index contributed by atoms with van der Waals surface area (Å²) in [5.74, 6) is 0.382. The number of nitrogens with zero attached hydrogens (tertiary/aromatic N) is 1. The molecular weight excluding hydrogens is 392 g/mol. The molecule has 7 nitrogen and oxygen atoms in total. The second-order valence-corrected chi connectivity index (χ2v) is 9.82. The van der Waals surface area contributed by atoms with Crippen LogP contribution in [0.15, 0.2) is 23.1 Å². The topological polar surface area (TPSA) is 84.9 Å². The number of carbonyl (C=O) groups excluding carboxylic acids is 1. The minimum atomic E-state index is -3.79. The van der Waals surface area contributed by atoms with Crippen LogP contribution in [0.1, 0.15) is 51.4 Å². The van der Waals surface area contributed by atoms with Crippen LogP contribution in [0.3, 0.4) is 0 Å². The fourth-order valence-electron chi connectivity index (χ4n) is 4.24. The van der Waals surface area contributed by atoms with Gasteiger partial charge in [-0.1, -0.05) is 25.7 Å². The van der Waals surface area contributed by atoms with E-state index in [-0.39, 0.29) is 35.1 Å². The van der Waals surface area contributed by atoms with E-state index in [0.717, 1.165) is 25.7 Å². The molecule has 29 heavy (non-hydrogen) atoms. The molecule has 0 bridgehead atoms. The minimum absolute atomic E-state index is 0.0191. The number of piperidine rings is 1. The van der Waals surface area contributed by atoms with Crippen LogP contribution >= 0.6 is 0 Å². The maximum atomic E-state index is 13.3. The summed E-state index contributed by atoms with van der Waals surface area (Å²) in [5, 5.41) is 3.18. The number of methoxy groups -OCH3 is 2. The van der Waals surface area contributed by atoms with Gasteiger partial charge in [-0.2, -0.15) is 4.31 Å². The molecule has 2 fully saturated rings. The van der Waals surface area contributed by atoms with Gasteiger partial charge >= 0.3 is 0 Å². The van der Waals surface area contributed by atoms with Gasteiger partial charge in [0.2, 0.25) is 15.9 Å². The van der Waals surface area contributed by atoms with Crippen LogP contribution in [0.4, 0.5) is 0 Å². The third-order valence-corrected chi connectivity index (χ3v) is 7.83. The van der Waals surface area contributed by atoms with Crippen LogP contribution < -0.4 is 14.8 Å². The van der Waals surface area contributed by atoms with Crippen molar-refractivity contribution in [2.45, 2.75) is 62.3 Å². The van der Waals surface area contributed by atoms with E-state index in [0.29, 0.717) is 25.1 Å². The molecule has 1 amide bonds. The Morgan fingerprint density at radius 1 is 1.03 bits per heavy atom. The average molecular weight is 425 g/mol. The molecule has 162 valence electrons. The van der Waals surface area contributed by atoms with Gasteiger partial charge in [0.15, 0.2) is 0 Å². The molecule has 1 heterocycles. The molecule has 8 heteroatoms. The molecule has 1 aromatic carbocycles. The quantitative estimate of drug-likeness (QED) is 0.710. The SMILES string of the molecule is COc1ccc(OC)c(S(=O)(=O)N2CCC[C@@H](C(=O)NC3CCCCCC3)C2)c1. The van der Waals surface area contributed by atoms with Crippen molar-refractivity contribution in [2.24, 2.45) is 5.92 Å². The van der Waals surface area contributed by atoms with Gasteiger partial charge in [0.05, 0.1) is 20.1 Å². The van der Waals surface area contributed by atoms with E-state index in [9.17, 15) is 13.2 Å². The van der Waals surface area contributed by atoms with E-state index in [1.165, 1.54) is 37.4 Å². The summed E-state index contributed by atoms with van der Waals surface area (Å²) in [5.41, 5.74) is 0.